The lowest BCUT2D eigenvalue weighted by atomic mass is 10.0. The summed E-state index contributed by atoms with van der Waals surface area (Å²) < 4.78 is 0. The van der Waals surface area contributed by atoms with Gasteiger partial charge in [-0.3, -0.25) is 9.59 Å². The molecule has 0 aromatic heterocycles. The van der Waals surface area contributed by atoms with Gasteiger partial charge in [-0.1, -0.05) is 38.1 Å². The molecular formula is C17H24N2O2. The van der Waals surface area contributed by atoms with Gasteiger partial charge in [0.25, 0.3) is 5.91 Å². The van der Waals surface area contributed by atoms with E-state index in [2.05, 4.69) is 17.2 Å². The van der Waals surface area contributed by atoms with Crippen LogP contribution in [0.15, 0.2) is 36.9 Å². The fourth-order valence-electron chi connectivity index (χ4n) is 2.06. The van der Waals surface area contributed by atoms with E-state index >= 15 is 0 Å². The molecule has 0 aliphatic heterocycles. The Hall–Kier alpha value is -2.10. The number of carbonyl (C=O) groups is 2. The van der Waals surface area contributed by atoms with Crippen molar-refractivity contribution in [3.8, 4) is 0 Å². The van der Waals surface area contributed by atoms with Crippen molar-refractivity contribution in [3.05, 3.63) is 48.0 Å². The van der Waals surface area contributed by atoms with Crippen molar-refractivity contribution in [2.24, 2.45) is 5.92 Å². The van der Waals surface area contributed by atoms with Gasteiger partial charge >= 0.3 is 0 Å². The summed E-state index contributed by atoms with van der Waals surface area (Å²) in [7, 11) is 0. The summed E-state index contributed by atoms with van der Waals surface area (Å²) in [6.45, 7) is 9.89. The van der Waals surface area contributed by atoms with Gasteiger partial charge in [-0.05, 0) is 30.9 Å². The van der Waals surface area contributed by atoms with Crippen LogP contribution in [0.25, 0.3) is 0 Å². The minimum absolute atomic E-state index is 0.175. The molecular weight excluding hydrogens is 264 g/mol. The smallest absolute Gasteiger partial charge is 0.252 e. The maximum absolute atomic E-state index is 12.3. The molecule has 0 unspecified atom stereocenters. The normalized spacial score (nSPS) is 11.8. The maximum Gasteiger partial charge on any atom is 0.252 e. The fourth-order valence-corrected chi connectivity index (χ4v) is 2.06. The standard InChI is InChI=1S/C17H24N2O2/c1-5-10-18-17(21)15(11-12(2)3)19-16(20)14-9-7-6-8-13(14)4/h5-9,12,15H,1,10-11H2,2-4H3,(H,18,21)(H,19,20)/t15-/m0/s1. The molecule has 0 saturated carbocycles. The van der Waals surface area contributed by atoms with E-state index in [0.29, 0.717) is 24.4 Å². The van der Waals surface area contributed by atoms with Crippen LogP contribution in [-0.2, 0) is 4.79 Å². The predicted molar refractivity (Wildman–Crippen MR) is 85.1 cm³/mol. The summed E-state index contributed by atoms with van der Waals surface area (Å²) in [4.78, 5) is 24.4. The molecule has 0 aliphatic carbocycles. The highest BCUT2D eigenvalue weighted by molar-refractivity contribution is 5.98. The van der Waals surface area contributed by atoms with Crippen LogP contribution in [0.5, 0.6) is 0 Å². The predicted octanol–water partition coefficient (Wildman–Crippen LogP) is 2.44. The quantitative estimate of drug-likeness (QED) is 0.757. The lowest BCUT2D eigenvalue weighted by Gasteiger charge is -2.20. The Morgan fingerprint density at radius 3 is 2.52 bits per heavy atom. The molecule has 0 spiro atoms. The molecule has 2 N–H and O–H groups in total. The zero-order valence-corrected chi connectivity index (χ0v) is 13.0. The highest BCUT2D eigenvalue weighted by Crippen LogP contribution is 2.10. The number of carbonyl (C=O) groups excluding carboxylic acids is 2. The van der Waals surface area contributed by atoms with Crippen LogP contribution < -0.4 is 10.6 Å². The average Bonchev–Trinajstić information content (AvgIpc) is 2.43. The van der Waals surface area contributed by atoms with E-state index in [0.717, 1.165) is 5.56 Å². The summed E-state index contributed by atoms with van der Waals surface area (Å²) >= 11 is 0. The topological polar surface area (TPSA) is 58.2 Å². The Balaban J connectivity index is 2.80. The van der Waals surface area contributed by atoms with E-state index in [1.54, 1.807) is 12.1 Å². The number of benzene rings is 1. The maximum atomic E-state index is 12.3. The highest BCUT2D eigenvalue weighted by Gasteiger charge is 2.22. The van der Waals surface area contributed by atoms with Crippen molar-refractivity contribution in [3.63, 3.8) is 0 Å². The fraction of sp³-hybridized carbons (Fsp3) is 0.412. The monoisotopic (exact) mass is 288 g/mol. The van der Waals surface area contributed by atoms with Crippen LogP contribution in [0.4, 0.5) is 0 Å². The Morgan fingerprint density at radius 1 is 1.29 bits per heavy atom. The van der Waals surface area contributed by atoms with Crippen molar-refractivity contribution < 1.29 is 9.59 Å². The summed E-state index contributed by atoms with van der Waals surface area (Å²) in [6, 6.07) is 6.81. The van der Waals surface area contributed by atoms with Crippen LogP contribution in [0, 0.1) is 12.8 Å². The third kappa shape index (κ3) is 5.42. The van der Waals surface area contributed by atoms with Gasteiger partial charge < -0.3 is 10.6 Å². The highest BCUT2D eigenvalue weighted by atomic mass is 16.2. The van der Waals surface area contributed by atoms with E-state index in [-0.39, 0.29) is 11.8 Å². The third-order valence-electron chi connectivity index (χ3n) is 3.14. The van der Waals surface area contributed by atoms with Gasteiger partial charge in [-0.2, -0.15) is 0 Å². The summed E-state index contributed by atoms with van der Waals surface area (Å²) in [6.07, 6.45) is 2.22. The van der Waals surface area contributed by atoms with Crippen molar-refractivity contribution in [2.75, 3.05) is 6.54 Å². The molecule has 0 radical (unpaired) electrons. The van der Waals surface area contributed by atoms with Crippen molar-refractivity contribution in [1.29, 1.82) is 0 Å². The number of aryl methyl sites for hydroxylation is 1. The molecule has 0 bridgehead atoms. The van der Waals surface area contributed by atoms with Crippen LogP contribution in [-0.4, -0.2) is 24.4 Å². The molecule has 0 aliphatic rings. The Morgan fingerprint density at radius 2 is 1.95 bits per heavy atom. The Bertz CT molecular complexity index is 509. The average molecular weight is 288 g/mol. The number of nitrogens with one attached hydrogen (secondary N) is 2. The molecule has 0 heterocycles. The number of hydrogen-bond donors (Lipinski definition) is 2. The Labute approximate surface area is 126 Å². The number of rotatable bonds is 7. The summed E-state index contributed by atoms with van der Waals surface area (Å²) in [5, 5.41) is 5.57. The minimum atomic E-state index is -0.531. The second kappa shape index (κ2) is 8.25. The first kappa shape index (κ1) is 17.0. The number of hydrogen-bond acceptors (Lipinski definition) is 2. The SMILES string of the molecule is C=CCNC(=O)[C@H](CC(C)C)NC(=O)c1ccccc1C. The molecule has 0 saturated heterocycles. The molecule has 1 rings (SSSR count). The molecule has 0 fully saturated rings. The molecule has 1 atom stereocenters. The molecule has 4 nitrogen and oxygen atoms in total. The van der Waals surface area contributed by atoms with Crippen molar-refractivity contribution >= 4 is 11.8 Å². The zero-order chi connectivity index (χ0) is 15.8. The van der Waals surface area contributed by atoms with Gasteiger partial charge in [0.05, 0.1) is 0 Å². The van der Waals surface area contributed by atoms with E-state index < -0.39 is 6.04 Å². The first-order chi connectivity index (χ1) is 9.95. The Kier molecular flexibility index (Phi) is 6.66. The van der Waals surface area contributed by atoms with Crippen LogP contribution in [0.3, 0.4) is 0 Å². The lowest BCUT2D eigenvalue weighted by Crippen LogP contribution is -2.47. The molecule has 4 heteroatoms. The van der Waals surface area contributed by atoms with Crippen LogP contribution in [0.1, 0.15) is 36.2 Å². The first-order valence-corrected chi connectivity index (χ1v) is 7.20. The third-order valence-corrected chi connectivity index (χ3v) is 3.14. The lowest BCUT2D eigenvalue weighted by molar-refractivity contribution is -0.123. The summed E-state index contributed by atoms with van der Waals surface area (Å²) in [5.41, 5.74) is 1.49. The van der Waals surface area contributed by atoms with Crippen molar-refractivity contribution in [2.45, 2.75) is 33.2 Å². The minimum Gasteiger partial charge on any atom is -0.351 e. The first-order valence-electron chi connectivity index (χ1n) is 7.20. The van der Waals surface area contributed by atoms with E-state index in [9.17, 15) is 9.59 Å². The van der Waals surface area contributed by atoms with E-state index in [4.69, 9.17) is 0 Å². The molecule has 1 aromatic carbocycles. The molecule has 114 valence electrons. The van der Waals surface area contributed by atoms with Gasteiger partial charge in [-0.15, -0.1) is 6.58 Å². The van der Waals surface area contributed by atoms with Gasteiger partial charge in [-0.25, -0.2) is 0 Å². The van der Waals surface area contributed by atoms with Gasteiger partial charge in [0.15, 0.2) is 0 Å². The van der Waals surface area contributed by atoms with Crippen LogP contribution in [0.2, 0.25) is 0 Å². The van der Waals surface area contributed by atoms with Crippen molar-refractivity contribution in [1.82, 2.24) is 10.6 Å². The van der Waals surface area contributed by atoms with Crippen LogP contribution >= 0.6 is 0 Å². The zero-order valence-electron chi connectivity index (χ0n) is 13.0. The van der Waals surface area contributed by atoms with E-state index in [1.807, 2.05) is 39.0 Å². The molecule has 1 aromatic rings. The van der Waals surface area contributed by atoms with Gasteiger partial charge in [0, 0.05) is 12.1 Å². The molecule has 21 heavy (non-hydrogen) atoms. The second-order valence-corrected chi connectivity index (χ2v) is 5.50. The number of amides is 2. The van der Waals surface area contributed by atoms with Gasteiger partial charge in [0.1, 0.15) is 6.04 Å². The summed E-state index contributed by atoms with van der Waals surface area (Å²) in [5.74, 6) is -0.0836. The largest absolute Gasteiger partial charge is 0.351 e. The second-order valence-electron chi connectivity index (χ2n) is 5.50. The molecule has 2 amide bonds. The van der Waals surface area contributed by atoms with Gasteiger partial charge in [0.2, 0.25) is 5.91 Å². The van der Waals surface area contributed by atoms with E-state index in [1.165, 1.54) is 0 Å².